The second-order valence-corrected chi connectivity index (χ2v) is 3.31. The molecular formula is C11H20N2. The zero-order valence-corrected chi connectivity index (χ0v) is 8.77. The Bertz CT molecular complexity index is 192. The molecule has 0 radical (unpaired) electrons. The highest BCUT2D eigenvalue weighted by Crippen LogP contribution is 1.97. The molecule has 0 aliphatic carbocycles. The van der Waals surface area contributed by atoms with Crippen LogP contribution in [0.15, 0.2) is 29.4 Å². The van der Waals surface area contributed by atoms with Gasteiger partial charge in [0.05, 0.1) is 0 Å². The quantitative estimate of drug-likeness (QED) is 0.363. The SMILES string of the molecule is C=C(C)CCCNCC=NC(=C)C. The maximum absolute atomic E-state index is 4.06. The van der Waals surface area contributed by atoms with Crippen molar-refractivity contribution in [3.05, 3.63) is 24.4 Å². The normalized spacial score (nSPS) is 10.6. The van der Waals surface area contributed by atoms with Crippen LogP contribution in [0.1, 0.15) is 26.7 Å². The highest BCUT2D eigenvalue weighted by molar-refractivity contribution is 5.60. The van der Waals surface area contributed by atoms with Crippen molar-refractivity contribution in [3.63, 3.8) is 0 Å². The van der Waals surface area contributed by atoms with E-state index in [-0.39, 0.29) is 0 Å². The first-order valence-corrected chi connectivity index (χ1v) is 4.66. The highest BCUT2D eigenvalue weighted by atomic mass is 14.9. The molecule has 0 fully saturated rings. The lowest BCUT2D eigenvalue weighted by atomic mass is 10.2. The fraction of sp³-hybridized carbons (Fsp3) is 0.545. The third-order valence-corrected chi connectivity index (χ3v) is 1.50. The number of hydrogen-bond donors (Lipinski definition) is 1. The van der Waals surface area contributed by atoms with Gasteiger partial charge in [0, 0.05) is 18.5 Å². The van der Waals surface area contributed by atoms with Crippen molar-refractivity contribution in [2.24, 2.45) is 4.99 Å². The molecule has 0 aromatic rings. The van der Waals surface area contributed by atoms with E-state index in [1.165, 1.54) is 5.57 Å². The maximum atomic E-state index is 4.06. The summed E-state index contributed by atoms with van der Waals surface area (Å²) in [6, 6.07) is 0. The standard InChI is InChI=1S/C11H20N2/c1-10(2)6-5-7-12-8-9-13-11(3)4/h9,12H,1,3,5-8H2,2,4H3. The molecule has 0 aromatic carbocycles. The molecule has 2 nitrogen and oxygen atoms in total. The van der Waals surface area contributed by atoms with Crippen LogP contribution in [0, 0.1) is 0 Å². The summed E-state index contributed by atoms with van der Waals surface area (Å²) in [5, 5.41) is 3.26. The minimum Gasteiger partial charge on any atom is -0.312 e. The van der Waals surface area contributed by atoms with Crippen LogP contribution in [0.4, 0.5) is 0 Å². The molecule has 0 saturated heterocycles. The van der Waals surface area contributed by atoms with E-state index in [1.54, 1.807) is 0 Å². The second kappa shape index (κ2) is 7.74. The van der Waals surface area contributed by atoms with E-state index in [2.05, 4.69) is 30.4 Å². The molecule has 0 heterocycles. The minimum atomic E-state index is 0.822. The van der Waals surface area contributed by atoms with E-state index in [1.807, 2.05) is 13.1 Å². The second-order valence-electron chi connectivity index (χ2n) is 3.31. The van der Waals surface area contributed by atoms with Gasteiger partial charge in [-0.15, -0.1) is 6.58 Å². The van der Waals surface area contributed by atoms with Gasteiger partial charge in [-0.2, -0.15) is 0 Å². The fourth-order valence-corrected chi connectivity index (χ4v) is 0.883. The van der Waals surface area contributed by atoms with Gasteiger partial charge < -0.3 is 5.32 Å². The molecule has 0 bridgehead atoms. The first-order valence-electron chi connectivity index (χ1n) is 4.66. The van der Waals surface area contributed by atoms with Crippen LogP contribution in [0.2, 0.25) is 0 Å². The summed E-state index contributed by atoms with van der Waals surface area (Å²) in [5.41, 5.74) is 2.10. The van der Waals surface area contributed by atoms with Gasteiger partial charge in [-0.25, -0.2) is 0 Å². The molecule has 0 amide bonds. The summed E-state index contributed by atoms with van der Waals surface area (Å²) < 4.78 is 0. The molecule has 0 unspecified atom stereocenters. The van der Waals surface area contributed by atoms with Crippen molar-refractivity contribution in [2.75, 3.05) is 13.1 Å². The van der Waals surface area contributed by atoms with Crippen molar-refractivity contribution in [1.29, 1.82) is 0 Å². The zero-order valence-electron chi connectivity index (χ0n) is 8.77. The zero-order chi connectivity index (χ0) is 10.1. The van der Waals surface area contributed by atoms with E-state index in [4.69, 9.17) is 0 Å². The predicted molar refractivity (Wildman–Crippen MR) is 60.2 cm³/mol. The van der Waals surface area contributed by atoms with Crippen molar-refractivity contribution in [2.45, 2.75) is 26.7 Å². The Morgan fingerprint density at radius 3 is 2.62 bits per heavy atom. The lowest BCUT2D eigenvalue weighted by Crippen LogP contribution is -2.17. The molecule has 0 aliphatic heterocycles. The maximum Gasteiger partial charge on any atom is 0.0309 e. The Labute approximate surface area is 81.5 Å². The molecule has 0 aliphatic rings. The molecule has 13 heavy (non-hydrogen) atoms. The van der Waals surface area contributed by atoms with Crippen molar-refractivity contribution in [1.82, 2.24) is 5.32 Å². The van der Waals surface area contributed by atoms with Crippen LogP contribution in [-0.2, 0) is 0 Å². The van der Waals surface area contributed by atoms with Crippen molar-refractivity contribution >= 4 is 6.21 Å². The topological polar surface area (TPSA) is 24.4 Å². The molecule has 0 spiro atoms. The summed E-state index contributed by atoms with van der Waals surface area (Å²) in [6.45, 7) is 13.3. The van der Waals surface area contributed by atoms with Gasteiger partial charge in [0.25, 0.3) is 0 Å². The van der Waals surface area contributed by atoms with E-state index in [0.717, 1.165) is 31.6 Å². The summed E-state index contributed by atoms with van der Waals surface area (Å²) in [5.74, 6) is 0. The van der Waals surface area contributed by atoms with Crippen LogP contribution in [0.5, 0.6) is 0 Å². The Balaban J connectivity index is 3.17. The van der Waals surface area contributed by atoms with Crippen LogP contribution in [0.25, 0.3) is 0 Å². The van der Waals surface area contributed by atoms with E-state index < -0.39 is 0 Å². The fourth-order valence-electron chi connectivity index (χ4n) is 0.883. The van der Waals surface area contributed by atoms with Gasteiger partial charge in [0.2, 0.25) is 0 Å². The Morgan fingerprint density at radius 1 is 1.38 bits per heavy atom. The van der Waals surface area contributed by atoms with Crippen LogP contribution < -0.4 is 5.32 Å². The lowest BCUT2D eigenvalue weighted by molar-refractivity contribution is 0.702. The van der Waals surface area contributed by atoms with Crippen molar-refractivity contribution < 1.29 is 0 Å². The molecule has 0 atom stereocenters. The molecule has 0 saturated carbocycles. The highest BCUT2D eigenvalue weighted by Gasteiger charge is 1.87. The predicted octanol–water partition coefficient (Wildman–Crippen LogP) is 2.54. The number of nitrogens with zero attached hydrogens (tertiary/aromatic N) is 1. The lowest BCUT2D eigenvalue weighted by Gasteiger charge is -2.00. The van der Waals surface area contributed by atoms with E-state index in [0.29, 0.717) is 0 Å². The Hall–Kier alpha value is -0.890. The number of hydrogen-bond acceptors (Lipinski definition) is 2. The average molecular weight is 180 g/mol. The average Bonchev–Trinajstić information content (AvgIpc) is 2.01. The summed E-state index contributed by atoms with van der Waals surface area (Å²) >= 11 is 0. The van der Waals surface area contributed by atoms with E-state index in [9.17, 15) is 0 Å². The molecule has 0 aromatic heterocycles. The number of aliphatic imine (C=N–C) groups is 1. The van der Waals surface area contributed by atoms with Gasteiger partial charge >= 0.3 is 0 Å². The Morgan fingerprint density at radius 2 is 2.08 bits per heavy atom. The van der Waals surface area contributed by atoms with Gasteiger partial charge in [-0.1, -0.05) is 12.2 Å². The van der Waals surface area contributed by atoms with Gasteiger partial charge in [-0.3, -0.25) is 4.99 Å². The van der Waals surface area contributed by atoms with Crippen LogP contribution in [0.3, 0.4) is 0 Å². The van der Waals surface area contributed by atoms with Gasteiger partial charge in [0.1, 0.15) is 0 Å². The molecule has 0 rings (SSSR count). The minimum absolute atomic E-state index is 0.822. The summed E-state index contributed by atoms with van der Waals surface area (Å²) in [7, 11) is 0. The Kier molecular flexibility index (Phi) is 7.21. The largest absolute Gasteiger partial charge is 0.312 e. The summed E-state index contributed by atoms with van der Waals surface area (Å²) in [6.07, 6.45) is 4.10. The molecule has 2 heteroatoms. The third kappa shape index (κ3) is 11.1. The smallest absolute Gasteiger partial charge is 0.0309 e. The number of nitrogens with one attached hydrogen (secondary N) is 1. The van der Waals surface area contributed by atoms with Crippen LogP contribution in [-0.4, -0.2) is 19.3 Å². The van der Waals surface area contributed by atoms with Crippen LogP contribution >= 0.6 is 0 Å². The molecule has 1 N–H and O–H groups in total. The van der Waals surface area contributed by atoms with E-state index >= 15 is 0 Å². The number of rotatable bonds is 7. The first-order chi connectivity index (χ1) is 6.13. The monoisotopic (exact) mass is 180 g/mol. The molecular weight excluding hydrogens is 160 g/mol. The third-order valence-electron chi connectivity index (χ3n) is 1.50. The van der Waals surface area contributed by atoms with Crippen molar-refractivity contribution in [3.8, 4) is 0 Å². The number of allylic oxidation sites excluding steroid dienone is 2. The van der Waals surface area contributed by atoms with Gasteiger partial charge in [-0.05, 0) is 33.2 Å². The molecule has 74 valence electrons. The summed E-state index contributed by atoms with van der Waals surface area (Å²) in [4.78, 5) is 4.06. The first kappa shape index (κ1) is 12.1. The van der Waals surface area contributed by atoms with Gasteiger partial charge in [0.15, 0.2) is 0 Å².